The average Bonchev–Trinajstić information content (AvgIpc) is 3.31. The zero-order valence-electron chi connectivity index (χ0n) is 18.4. The summed E-state index contributed by atoms with van der Waals surface area (Å²) >= 11 is 0. The van der Waals surface area contributed by atoms with E-state index in [-0.39, 0.29) is 11.3 Å². The Hall–Kier alpha value is -4.58. The topological polar surface area (TPSA) is 59.3 Å². The van der Waals surface area contributed by atoms with Crippen LogP contribution in [0.2, 0.25) is 0 Å². The molecule has 0 spiro atoms. The first-order valence-electron chi connectivity index (χ1n) is 10.8. The number of benzene rings is 4. The number of halogens is 1. The maximum atomic E-state index is 13.8. The number of amides is 1. The standard InChI is InChI=1S/C28H21FN4O/c1-19-10-14-24(15-11-19)33-27(22-13-12-20-6-2-3-7-21(20)16-22)17-26(32-33)28(34)31-30-18-23-8-4-5-9-25(23)29/h2-18H,1H3,(H,31,34)/b30-18-. The molecule has 1 amide bonds. The second-order valence-corrected chi connectivity index (χ2v) is 7.94. The number of hydrogen-bond donors (Lipinski definition) is 1. The number of nitrogens with zero attached hydrogens (tertiary/aromatic N) is 3. The van der Waals surface area contributed by atoms with E-state index in [1.165, 1.54) is 12.3 Å². The normalized spacial score (nSPS) is 11.2. The van der Waals surface area contributed by atoms with Crippen molar-refractivity contribution in [3.63, 3.8) is 0 Å². The fourth-order valence-corrected chi connectivity index (χ4v) is 3.73. The third-order valence-electron chi connectivity index (χ3n) is 5.54. The van der Waals surface area contributed by atoms with Gasteiger partial charge in [0.25, 0.3) is 5.91 Å². The third-order valence-corrected chi connectivity index (χ3v) is 5.54. The van der Waals surface area contributed by atoms with Crippen LogP contribution in [0.1, 0.15) is 21.6 Å². The largest absolute Gasteiger partial charge is 0.291 e. The molecule has 0 unspecified atom stereocenters. The smallest absolute Gasteiger partial charge is 0.265 e. The first-order valence-corrected chi connectivity index (χ1v) is 10.8. The molecule has 0 radical (unpaired) electrons. The van der Waals surface area contributed by atoms with Gasteiger partial charge in [-0.2, -0.15) is 10.2 Å². The van der Waals surface area contributed by atoms with Crippen molar-refractivity contribution in [2.75, 3.05) is 0 Å². The molecular weight excluding hydrogens is 427 g/mol. The van der Waals surface area contributed by atoms with E-state index < -0.39 is 11.7 Å². The van der Waals surface area contributed by atoms with Gasteiger partial charge in [-0.15, -0.1) is 0 Å². The molecule has 5 rings (SSSR count). The van der Waals surface area contributed by atoms with Gasteiger partial charge < -0.3 is 0 Å². The van der Waals surface area contributed by atoms with Crippen LogP contribution in [0, 0.1) is 12.7 Å². The van der Waals surface area contributed by atoms with Crippen LogP contribution in [0.25, 0.3) is 27.7 Å². The number of fused-ring (bicyclic) bond motifs is 1. The number of nitrogens with one attached hydrogen (secondary N) is 1. The van der Waals surface area contributed by atoms with Crippen molar-refractivity contribution < 1.29 is 9.18 Å². The molecule has 1 heterocycles. The van der Waals surface area contributed by atoms with E-state index in [0.717, 1.165) is 33.3 Å². The van der Waals surface area contributed by atoms with Crippen molar-refractivity contribution in [3.05, 3.63) is 120 Å². The molecule has 1 aromatic heterocycles. The summed E-state index contributed by atoms with van der Waals surface area (Å²) in [6.45, 7) is 2.02. The Balaban J connectivity index is 1.51. The van der Waals surface area contributed by atoms with Gasteiger partial charge in [-0.25, -0.2) is 14.5 Å². The third kappa shape index (κ3) is 4.34. The van der Waals surface area contributed by atoms with Crippen LogP contribution >= 0.6 is 0 Å². The lowest BCUT2D eigenvalue weighted by Crippen LogP contribution is -2.18. The molecule has 6 heteroatoms. The van der Waals surface area contributed by atoms with Crippen molar-refractivity contribution in [2.45, 2.75) is 6.92 Å². The van der Waals surface area contributed by atoms with Gasteiger partial charge in [0.05, 0.1) is 17.6 Å². The molecular formula is C28H21FN4O. The van der Waals surface area contributed by atoms with E-state index in [4.69, 9.17) is 0 Å². The Morgan fingerprint density at radius 3 is 2.44 bits per heavy atom. The highest BCUT2D eigenvalue weighted by atomic mass is 19.1. The van der Waals surface area contributed by atoms with Crippen molar-refractivity contribution in [1.82, 2.24) is 15.2 Å². The Morgan fingerprint density at radius 2 is 1.65 bits per heavy atom. The highest BCUT2D eigenvalue weighted by molar-refractivity contribution is 5.95. The van der Waals surface area contributed by atoms with Crippen molar-refractivity contribution in [2.24, 2.45) is 5.10 Å². The van der Waals surface area contributed by atoms with E-state index in [1.54, 1.807) is 28.9 Å². The molecule has 166 valence electrons. The Labute approximate surface area is 196 Å². The summed E-state index contributed by atoms with van der Waals surface area (Å²) < 4.78 is 15.5. The van der Waals surface area contributed by atoms with Gasteiger partial charge in [0.15, 0.2) is 5.69 Å². The molecule has 0 aliphatic carbocycles. The molecule has 0 bridgehead atoms. The molecule has 1 N–H and O–H groups in total. The monoisotopic (exact) mass is 448 g/mol. The van der Waals surface area contributed by atoms with E-state index >= 15 is 0 Å². The van der Waals surface area contributed by atoms with Gasteiger partial charge in [0.2, 0.25) is 0 Å². The average molecular weight is 449 g/mol. The number of carbonyl (C=O) groups excluding carboxylic acids is 1. The number of carbonyl (C=O) groups is 1. The zero-order chi connectivity index (χ0) is 23.5. The van der Waals surface area contributed by atoms with E-state index in [1.807, 2.05) is 49.4 Å². The second-order valence-electron chi connectivity index (χ2n) is 7.94. The molecule has 5 nitrogen and oxygen atoms in total. The van der Waals surface area contributed by atoms with Crippen molar-refractivity contribution in [3.8, 4) is 16.9 Å². The lowest BCUT2D eigenvalue weighted by Gasteiger charge is -2.09. The van der Waals surface area contributed by atoms with E-state index in [0.29, 0.717) is 0 Å². The maximum absolute atomic E-state index is 13.8. The predicted molar refractivity (Wildman–Crippen MR) is 133 cm³/mol. The maximum Gasteiger partial charge on any atom is 0.291 e. The summed E-state index contributed by atoms with van der Waals surface area (Å²) in [4.78, 5) is 12.8. The zero-order valence-corrected chi connectivity index (χ0v) is 18.4. The van der Waals surface area contributed by atoms with Gasteiger partial charge in [-0.05, 0) is 48.0 Å². The lowest BCUT2D eigenvalue weighted by atomic mass is 10.0. The summed E-state index contributed by atoms with van der Waals surface area (Å²) in [5.41, 5.74) is 6.60. The summed E-state index contributed by atoms with van der Waals surface area (Å²) in [5.74, 6) is -0.900. The van der Waals surface area contributed by atoms with Crippen LogP contribution < -0.4 is 5.43 Å². The van der Waals surface area contributed by atoms with Crippen LogP contribution in [-0.2, 0) is 0 Å². The van der Waals surface area contributed by atoms with Crippen LogP contribution in [0.4, 0.5) is 4.39 Å². The quantitative estimate of drug-likeness (QED) is 0.269. The van der Waals surface area contributed by atoms with Gasteiger partial charge in [0, 0.05) is 11.1 Å². The minimum Gasteiger partial charge on any atom is -0.265 e. The first kappa shape index (κ1) is 21.3. The number of hydrazone groups is 1. The number of rotatable bonds is 5. The second kappa shape index (κ2) is 9.11. The van der Waals surface area contributed by atoms with Crippen molar-refractivity contribution >= 4 is 22.9 Å². The molecule has 0 aliphatic heterocycles. The number of aryl methyl sites for hydroxylation is 1. The Kier molecular flexibility index (Phi) is 5.70. The number of aromatic nitrogens is 2. The van der Waals surface area contributed by atoms with E-state index in [9.17, 15) is 9.18 Å². The molecule has 34 heavy (non-hydrogen) atoms. The van der Waals surface area contributed by atoms with Gasteiger partial charge in [-0.1, -0.05) is 72.3 Å². The molecule has 5 aromatic rings. The summed E-state index contributed by atoms with van der Waals surface area (Å²) in [6.07, 6.45) is 1.27. The molecule has 0 aliphatic rings. The Morgan fingerprint density at radius 1 is 0.912 bits per heavy atom. The number of hydrogen-bond acceptors (Lipinski definition) is 3. The fourth-order valence-electron chi connectivity index (χ4n) is 3.73. The summed E-state index contributed by atoms with van der Waals surface area (Å²) in [6, 6.07) is 30.1. The van der Waals surface area contributed by atoms with Crippen LogP contribution in [0.15, 0.2) is 102 Å². The van der Waals surface area contributed by atoms with E-state index in [2.05, 4.69) is 39.9 Å². The summed E-state index contributed by atoms with van der Waals surface area (Å²) in [7, 11) is 0. The Bertz CT molecular complexity index is 1520. The molecule has 4 aromatic carbocycles. The summed E-state index contributed by atoms with van der Waals surface area (Å²) in [5, 5.41) is 10.7. The van der Waals surface area contributed by atoms with Crippen LogP contribution in [-0.4, -0.2) is 21.9 Å². The fraction of sp³-hybridized carbons (Fsp3) is 0.0357. The van der Waals surface area contributed by atoms with Gasteiger partial charge in [0.1, 0.15) is 5.82 Å². The minimum absolute atomic E-state index is 0.203. The predicted octanol–water partition coefficient (Wildman–Crippen LogP) is 5.90. The minimum atomic E-state index is -0.486. The molecule has 0 atom stereocenters. The molecule has 0 saturated carbocycles. The van der Waals surface area contributed by atoms with Gasteiger partial charge >= 0.3 is 0 Å². The highest BCUT2D eigenvalue weighted by Gasteiger charge is 2.17. The van der Waals surface area contributed by atoms with Crippen LogP contribution in [0.3, 0.4) is 0 Å². The van der Waals surface area contributed by atoms with Crippen LogP contribution in [0.5, 0.6) is 0 Å². The van der Waals surface area contributed by atoms with Crippen molar-refractivity contribution in [1.29, 1.82) is 0 Å². The molecule has 0 fully saturated rings. The molecule has 0 saturated heterocycles. The highest BCUT2D eigenvalue weighted by Crippen LogP contribution is 2.27. The lowest BCUT2D eigenvalue weighted by molar-refractivity contribution is 0.0949. The SMILES string of the molecule is Cc1ccc(-n2nc(C(=O)N/N=C\c3ccccc3F)cc2-c2ccc3ccccc3c2)cc1. The van der Waals surface area contributed by atoms with Gasteiger partial charge in [-0.3, -0.25) is 4.79 Å². The first-order chi connectivity index (χ1) is 16.6.